The molecule has 25 heavy (non-hydrogen) atoms. The van der Waals surface area contributed by atoms with E-state index in [4.69, 9.17) is 5.21 Å². The van der Waals surface area contributed by atoms with E-state index in [1.54, 1.807) is 35.8 Å². The topological polar surface area (TPSA) is 122 Å². The molecule has 3 N–H and O–H groups in total. The number of allylic oxidation sites excluding steroid dienone is 2. The number of nitrogens with zero attached hydrogens (tertiary/aromatic N) is 1. The summed E-state index contributed by atoms with van der Waals surface area (Å²) in [5.41, 5.74) is 2.03. The Hall–Kier alpha value is -3.00. The zero-order valence-corrected chi connectivity index (χ0v) is 13.7. The van der Waals surface area contributed by atoms with Crippen LogP contribution in [0.2, 0.25) is 0 Å². The van der Waals surface area contributed by atoms with E-state index < -0.39 is 10.8 Å². The molecule has 0 aliphatic carbocycles. The first kappa shape index (κ1) is 20.0. The second-order valence-electron chi connectivity index (χ2n) is 5.17. The maximum Gasteiger partial charge on any atom is 0.276 e. The van der Waals surface area contributed by atoms with Gasteiger partial charge >= 0.3 is 0 Å². The average Bonchev–Trinajstić information content (AvgIpc) is 2.61. The van der Waals surface area contributed by atoms with Crippen molar-refractivity contribution in [3.8, 4) is 0 Å². The molecule has 0 aliphatic rings. The first-order valence-electron chi connectivity index (χ1n) is 7.83. The molecule has 1 rings (SSSR count). The highest BCUT2D eigenvalue weighted by molar-refractivity contribution is 5.87. The number of rotatable bonds is 10. The van der Waals surface area contributed by atoms with Crippen LogP contribution < -0.4 is 10.8 Å². The molecule has 0 bridgehead atoms. The van der Waals surface area contributed by atoms with Crippen LogP contribution in [-0.2, 0) is 9.59 Å². The summed E-state index contributed by atoms with van der Waals surface area (Å²) < 4.78 is 0. The summed E-state index contributed by atoms with van der Waals surface area (Å²) in [7, 11) is 0. The number of nitro benzene ring substituents is 1. The van der Waals surface area contributed by atoms with Gasteiger partial charge in [-0.05, 0) is 25.0 Å². The molecule has 1 aromatic rings. The van der Waals surface area contributed by atoms with Gasteiger partial charge in [-0.25, -0.2) is 5.48 Å². The van der Waals surface area contributed by atoms with Crippen molar-refractivity contribution in [1.82, 2.24) is 10.8 Å². The van der Waals surface area contributed by atoms with Crippen molar-refractivity contribution in [1.29, 1.82) is 0 Å². The Balaban J connectivity index is 2.29. The molecule has 134 valence electrons. The van der Waals surface area contributed by atoms with Gasteiger partial charge in [-0.2, -0.15) is 0 Å². The second kappa shape index (κ2) is 11.5. The molecule has 0 radical (unpaired) electrons. The number of unbranched alkanes of at least 4 members (excludes halogenated alkanes) is 2. The van der Waals surface area contributed by atoms with Gasteiger partial charge in [-0.15, -0.1) is 0 Å². The summed E-state index contributed by atoms with van der Waals surface area (Å²) in [4.78, 5) is 32.8. The molecule has 0 aromatic heterocycles. The lowest BCUT2D eigenvalue weighted by Crippen LogP contribution is -2.22. The lowest BCUT2D eigenvalue weighted by molar-refractivity contribution is -0.385. The van der Waals surface area contributed by atoms with Crippen molar-refractivity contribution in [3.05, 3.63) is 58.2 Å². The lowest BCUT2D eigenvalue weighted by Gasteiger charge is -2.02. The standard InChI is InChI=1S/C17H21N3O5/c21-16(18-13-7-1-2-12-17(22)19-23)11-6-4-9-14-8-3-5-10-15(14)20(24)25/h3-6,8-11,23H,1-2,7,12-13H2,(H,18,21)(H,19,22)/b9-4+,11-6+. The third-order valence-electron chi connectivity index (χ3n) is 3.27. The number of carbonyl (C=O) groups is 2. The minimum absolute atomic E-state index is 0.00600. The molecule has 0 aliphatic heterocycles. The van der Waals surface area contributed by atoms with Gasteiger partial charge in [-0.1, -0.05) is 30.7 Å². The van der Waals surface area contributed by atoms with Crippen molar-refractivity contribution < 1.29 is 19.7 Å². The smallest absolute Gasteiger partial charge is 0.276 e. The van der Waals surface area contributed by atoms with Crippen molar-refractivity contribution in [2.45, 2.75) is 25.7 Å². The number of nitrogens with one attached hydrogen (secondary N) is 2. The summed E-state index contributed by atoms with van der Waals surface area (Å²) in [6.45, 7) is 0.484. The maximum absolute atomic E-state index is 11.6. The predicted octanol–water partition coefficient (Wildman–Crippen LogP) is 2.35. The van der Waals surface area contributed by atoms with Crippen LogP contribution in [0.25, 0.3) is 6.08 Å². The highest BCUT2D eigenvalue weighted by atomic mass is 16.6. The van der Waals surface area contributed by atoms with Gasteiger partial charge in [0.2, 0.25) is 11.8 Å². The number of carbonyl (C=O) groups excluding carboxylic acids is 2. The molecular formula is C17H21N3O5. The van der Waals surface area contributed by atoms with Gasteiger partial charge in [0.05, 0.1) is 10.5 Å². The van der Waals surface area contributed by atoms with Crippen LogP contribution in [0, 0.1) is 10.1 Å². The van der Waals surface area contributed by atoms with E-state index in [-0.39, 0.29) is 18.0 Å². The Morgan fingerprint density at radius 1 is 1.16 bits per heavy atom. The normalized spacial score (nSPS) is 10.9. The van der Waals surface area contributed by atoms with Crippen LogP contribution in [0.3, 0.4) is 0 Å². The van der Waals surface area contributed by atoms with Crippen molar-refractivity contribution in [2.75, 3.05) is 6.54 Å². The Labute approximate surface area is 145 Å². The first-order chi connectivity index (χ1) is 12.0. The zero-order valence-electron chi connectivity index (χ0n) is 13.7. The molecule has 0 spiro atoms. The molecule has 8 heteroatoms. The number of nitro groups is 1. The summed E-state index contributed by atoms with van der Waals surface area (Å²) in [5, 5.41) is 21.9. The molecule has 2 amide bonds. The van der Waals surface area contributed by atoms with E-state index in [0.29, 0.717) is 18.5 Å². The third-order valence-corrected chi connectivity index (χ3v) is 3.27. The quantitative estimate of drug-likeness (QED) is 0.150. The van der Waals surface area contributed by atoms with E-state index in [9.17, 15) is 19.7 Å². The minimum Gasteiger partial charge on any atom is -0.353 e. The highest BCUT2D eigenvalue weighted by Crippen LogP contribution is 2.18. The van der Waals surface area contributed by atoms with Crippen LogP contribution in [0.5, 0.6) is 0 Å². The monoisotopic (exact) mass is 347 g/mol. The summed E-state index contributed by atoms with van der Waals surface area (Å²) >= 11 is 0. The summed E-state index contributed by atoms with van der Waals surface area (Å²) in [6.07, 6.45) is 8.35. The van der Waals surface area contributed by atoms with E-state index >= 15 is 0 Å². The molecule has 0 heterocycles. The number of hydrogen-bond donors (Lipinski definition) is 3. The van der Waals surface area contributed by atoms with Crippen LogP contribution in [0.15, 0.2) is 42.5 Å². The zero-order chi connectivity index (χ0) is 18.5. The molecular weight excluding hydrogens is 326 g/mol. The average molecular weight is 347 g/mol. The lowest BCUT2D eigenvalue weighted by atomic mass is 10.1. The van der Waals surface area contributed by atoms with Crippen LogP contribution in [0.4, 0.5) is 5.69 Å². The molecule has 0 atom stereocenters. The van der Waals surface area contributed by atoms with E-state index in [2.05, 4.69) is 5.32 Å². The Bertz CT molecular complexity index is 655. The van der Waals surface area contributed by atoms with Gasteiger partial charge in [0.1, 0.15) is 0 Å². The molecule has 0 saturated carbocycles. The van der Waals surface area contributed by atoms with E-state index in [1.807, 2.05) is 0 Å². The highest BCUT2D eigenvalue weighted by Gasteiger charge is 2.08. The van der Waals surface area contributed by atoms with Crippen LogP contribution in [0.1, 0.15) is 31.2 Å². The van der Waals surface area contributed by atoms with Crippen LogP contribution in [-0.4, -0.2) is 28.5 Å². The number of amides is 2. The van der Waals surface area contributed by atoms with E-state index in [0.717, 1.165) is 12.8 Å². The minimum atomic E-state index is -0.458. The SMILES string of the molecule is O=C(/C=C/C=C/c1ccccc1[N+](=O)[O-])NCCCCCC(=O)NO. The van der Waals surface area contributed by atoms with Gasteiger partial charge < -0.3 is 5.32 Å². The fourth-order valence-electron chi connectivity index (χ4n) is 2.01. The van der Waals surface area contributed by atoms with Gasteiger partial charge in [-0.3, -0.25) is 24.9 Å². The Morgan fingerprint density at radius 3 is 2.64 bits per heavy atom. The maximum atomic E-state index is 11.6. The fourth-order valence-corrected chi connectivity index (χ4v) is 2.01. The predicted molar refractivity (Wildman–Crippen MR) is 92.7 cm³/mol. The van der Waals surface area contributed by atoms with Crippen molar-refractivity contribution >= 4 is 23.6 Å². The second-order valence-corrected chi connectivity index (χ2v) is 5.17. The third kappa shape index (κ3) is 8.42. The molecule has 0 unspecified atom stereocenters. The molecule has 0 saturated heterocycles. The Morgan fingerprint density at radius 2 is 1.92 bits per heavy atom. The van der Waals surface area contributed by atoms with Gasteiger partial charge in [0.25, 0.3) is 5.69 Å². The number of para-hydroxylation sites is 1. The van der Waals surface area contributed by atoms with Gasteiger partial charge in [0, 0.05) is 25.1 Å². The number of hydroxylamine groups is 1. The summed E-state index contributed by atoms with van der Waals surface area (Å²) in [6, 6.07) is 6.34. The largest absolute Gasteiger partial charge is 0.353 e. The van der Waals surface area contributed by atoms with Gasteiger partial charge in [0.15, 0.2) is 0 Å². The number of benzene rings is 1. The van der Waals surface area contributed by atoms with E-state index in [1.165, 1.54) is 18.2 Å². The number of hydrogen-bond acceptors (Lipinski definition) is 5. The molecule has 0 fully saturated rings. The van der Waals surface area contributed by atoms with Crippen LogP contribution >= 0.6 is 0 Å². The molecule has 8 nitrogen and oxygen atoms in total. The fraction of sp³-hybridized carbons (Fsp3) is 0.294. The Kier molecular flexibility index (Phi) is 9.24. The van der Waals surface area contributed by atoms with Crippen molar-refractivity contribution in [3.63, 3.8) is 0 Å². The van der Waals surface area contributed by atoms with Crippen molar-refractivity contribution in [2.24, 2.45) is 0 Å². The summed E-state index contributed by atoms with van der Waals surface area (Å²) in [5.74, 6) is -0.683. The first-order valence-corrected chi connectivity index (χ1v) is 7.83. The molecule has 1 aromatic carbocycles.